The zero-order valence-corrected chi connectivity index (χ0v) is 16.0. The van der Waals surface area contributed by atoms with Gasteiger partial charge in [0.1, 0.15) is 11.4 Å². The van der Waals surface area contributed by atoms with Crippen LogP contribution in [0.25, 0.3) is 0 Å². The lowest BCUT2D eigenvalue weighted by molar-refractivity contribution is -0.136. The van der Waals surface area contributed by atoms with Crippen LogP contribution in [0.15, 0.2) is 42.7 Å². The van der Waals surface area contributed by atoms with E-state index in [2.05, 4.69) is 9.97 Å². The van der Waals surface area contributed by atoms with E-state index in [9.17, 15) is 9.59 Å². The summed E-state index contributed by atoms with van der Waals surface area (Å²) < 4.78 is 5.94. The van der Waals surface area contributed by atoms with E-state index < -0.39 is 0 Å². The van der Waals surface area contributed by atoms with E-state index in [1.54, 1.807) is 24.3 Å². The molecule has 0 saturated carbocycles. The standard InChI is InChI=1S/C21H24N4O3/c1-24-14-16(13-18(24)26)21(27)25-11-7-15(8-12-25)19-20(23-10-9-22-19)28-17-5-3-2-4-6-17/h2-6,9-10,15-16H,7-8,11-14H2,1H3. The molecule has 4 rings (SSSR count). The lowest BCUT2D eigenvalue weighted by Crippen LogP contribution is -2.42. The fourth-order valence-corrected chi connectivity index (χ4v) is 3.96. The number of hydrogen-bond donors (Lipinski definition) is 0. The molecule has 7 heteroatoms. The number of hydrogen-bond acceptors (Lipinski definition) is 5. The lowest BCUT2D eigenvalue weighted by Gasteiger charge is -2.33. The number of nitrogens with zero attached hydrogens (tertiary/aromatic N) is 4. The van der Waals surface area contributed by atoms with Gasteiger partial charge in [-0.25, -0.2) is 4.98 Å². The Morgan fingerprint density at radius 3 is 2.50 bits per heavy atom. The Labute approximate surface area is 164 Å². The van der Waals surface area contributed by atoms with Crippen LogP contribution in [0.5, 0.6) is 11.6 Å². The number of ether oxygens (including phenoxy) is 1. The maximum atomic E-state index is 12.7. The Morgan fingerprint density at radius 2 is 1.82 bits per heavy atom. The summed E-state index contributed by atoms with van der Waals surface area (Å²) in [5.74, 6) is 1.40. The molecule has 2 aliphatic rings. The number of para-hydroxylation sites is 1. The van der Waals surface area contributed by atoms with Gasteiger partial charge in [0.05, 0.1) is 5.92 Å². The summed E-state index contributed by atoms with van der Waals surface area (Å²) in [6.07, 6.45) is 5.27. The molecule has 2 amide bonds. The van der Waals surface area contributed by atoms with E-state index in [4.69, 9.17) is 4.74 Å². The average molecular weight is 380 g/mol. The molecule has 3 heterocycles. The molecule has 0 bridgehead atoms. The van der Waals surface area contributed by atoms with E-state index in [0.29, 0.717) is 31.9 Å². The molecule has 28 heavy (non-hydrogen) atoms. The minimum atomic E-state index is -0.206. The van der Waals surface area contributed by atoms with Crippen molar-refractivity contribution < 1.29 is 14.3 Å². The molecule has 1 aromatic carbocycles. The minimum Gasteiger partial charge on any atom is -0.437 e. The molecule has 0 aliphatic carbocycles. The van der Waals surface area contributed by atoms with Crippen molar-refractivity contribution in [2.45, 2.75) is 25.2 Å². The summed E-state index contributed by atoms with van der Waals surface area (Å²) in [5.41, 5.74) is 0.842. The van der Waals surface area contributed by atoms with Crippen molar-refractivity contribution in [3.63, 3.8) is 0 Å². The highest BCUT2D eigenvalue weighted by Gasteiger charge is 2.36. The van der Waals surface area contributed by atoms with Gasteiger partial charge < -0.3 is 14.5 Å². The van der Waals surface area contributed by atoms with Crippen LogP contribution < -0.4 is 4.74 Å². The first-order valence-electron chi connectivity index (χ1n) is 9.68. The van der Waals surface area contributed by atoms with E-state index in [1.807, 2.05) is 35.2 Å². The third kappa shape index (κ3) is 3.83. The first-order valence-corrected chi connectivity index (χ1v) is 9.68. The fraction of sp³-hybridized carbons (Fsp3) is 0.429. The van der Waals surface area contributed by atoms with Crippen molar-refractivity contribution in [3.8, 4) is 11.6 Å². The number of piperidine rings is 1. The van der Waals surface area contributed by atoms with Gasteiger partial charge >= 0.3 is 0 Å². The van der Waals surface area contributed by atoms with E-state index in [-0.39, 0.29) is 23.7 Å². The second-order valence-electron chi connectivity index (χ2n) is 7.44. The zero-order valence-electron chi connectivity index (χ0n) is 16.0. The lowest BCUT2D eigenvalue weighted by atomic mass is 9.92. The number of amides is 2. The molecule has 0 N–H and O–H groups in total. The maximum absolute atomic E-state index is 12.7. The summed E-state index contributed by atoms with van der Waals surface area (Å²) in [5, 5.41) is 0. The maximum Gasteiger partial charge on any atom is 0.241 e. The Kier molecular flexibility index (Phi) is 5.23. The Morgan fingerprint density at radius 1 is 1.11 bits per heavy atom. The zero-order chi connectivity index (χ0) is 19.5. The van der Waals surface area contributed by atoms with Crippen molar-refractivity contribution >= 4 is 11.8 Å². The smallest absolute Gasteiger partial charge is 0.241 e. The molecule has 0 spiro atoms. The molecule has 2 aromatic rings. The van der Waals surface area contributed by atoms with E-state index in [0.717, 1.165) is 24.3 Å². The molecule has 1 atom stereocenters. The SMILES string of the molecule is CN1CC(C(=O)N2CCC(c3nccnc3Oc3ccccc3)CC2)CC1=O. The largest absolute Gasteiger partial charge is 0.437 e. The quantitative estimate of drug-likeness (QED) is 0.814. The molecule has 2 saturated heterocycles. The predicted octanol–water partition coefficient (Wildman–Crippen LogP) is 2.45. The molecule has 1 unspecified atom stereocenters. The highest BCUT2D eigenvalue weighted by atomic mass is 16.5. The van der Waals surface area contributed by atoms with Crippen LogP contribution >= 0.6 is 0 Å². The second-order valence-corrected chi connectivity index (χ2v) is 7.44. The van der Waals surface area contributed by atoms with Gasteiger partial charge in [0.2, 0.25) is 17.7 Å². The topological polar surface area (TPSA) is 75.6 Å². The number of carbonyl (C=O) groups excluding carboxylic acids is 2. The Hall–Kier alpha value is -2.96. The van der Waals surface area contributed by atoms with Crippen LogP contribution in [0.3, 0.4) is 0 Å². The number of benzene rings is 1. The number of rotatable bonds is 4. The molecule has 2 aliphatic heterocycles. The van der Waals surface area contributed by atoms with Gasteiger partial charge in [-0.3, -0.25) is 14.6 Å². The van der Waals surface area contributed by atoms with Gasteiger partial charge in [-0.1, -0.05) is 18.2 Å². The average Bonchev–Trinajstić information content (AvgIpc) is 3.07. The number of likely N-dealkylation sites (tertiary alicyclic amines) is 2. The first kappa shape index (κ1) is 18.4. The monoisotopic (exact) mass is 380 g/mol. The third-order valence-electron chi connectivity index (χ3n) is 5.53. The van der Waals surface area contributed by atoms with Crippen LogP contribution in [-0.2, 0) is 9.59 Å². The van der Waals surface area contributed by atoms with Gasteiger partial charge in [0.25, 0.3) is 0 Å². The van der Waals surface area contributed by atoms with Crippen LogP contribution in [0.2, 0.25) is 0 Å². The first-order chi connectivity index (χ1) is 13.6. The Bertz CT molecular complexity index is 850. The molecular formula is C21H24N4O3. The summed E-state index contributed by atoms with van der Waals surface area (Å²) in [7, 11) is 1.75. The molecule has 2 fully saturated rings. The van der Waals surface area contributed by atoms with Crippen molar-refractivity contribution in [2.75, 3.05) is 26.7 Å². The van der Waals surface area contributed by atoms with Gasteiger partial charge in [-0.2, -0.15) is 0 Å². The van der Waals surface area contributed by atoms with Gasteiger partial charge in [0, 0.05) is 51.4 Å². The third-order valence-corrected chi connectivity index (χ3v) is 5.53. The van der Waals surface area contributed by atoms with Crippen molar-refractivity contribution in [2.24, 2.45) is 5.92 Å². The predicted molar refractivity (Wildman–Crippen MR) is 103 cm³/mol. The normalized spacial score (nSPS) is 20.5. The van der Waals surface area contributed by atoms with Crippen LogP contribution in [-0.4, -0.2) is 58.3 Å². The Balaban J connectivity index is 1.40. The highest BCUT2D eigenvalue weighted by Crippen LogP contribution is 2.34. The van der Waals surface area contributed by atoms with Gasteiger partial charge in [-0.15, -0.1) is 0 Å². The van der Waals surface area contributed by atoms with E-state index in [1.165, 1.54) is 0 Å². The van der Waals surface area contributed by atoms with Crippen molar-refractivity contribution in [3.05, 3.63) is 48.4 Å². The van der Waals surface area contributed by atoms with Crippen LogP contribution in [0.4, 0.5) is 0 Å². The van der Waals surface area contributed by atoms with Crippen LogP contribution in [0, 0.1) is 5.92 Å². The molecule has 146 valence electrons. The molecule has 7 nitrogen and oxygen atoms in total. The van der Waals surface area contributed by atoms with Crippen LogP contribution in [0.1, 0.15) is 30.9 Å². The molecular weight excluding hydrogens is 356 g/mol. The summed E-state index contributed by atoms with van der Waals surface area (Å²) in [6.45, 7) is 1.86. The summed E-state index contributed by atoms with van der Waals surface area (Å²) in [4.78, 5) is 36.9. The summed E-state index contributed by atoms with van der Waals surface area (Å²) >= 11 is 0. The number of carbonyl (C=O) groups is 2. The van der Waals surface area contributed by atoms with E-state index >= 15 is 0 Å². The minimum absolute atomic E-state index is 0.0514. The van der Waals surface area contributed by atoms with Gasteiger partial charge in [0.15, 0.2) is 0 Å². The van der Waals surface area contributed by atoms with Gasteiger partial charge in [-0.05, 0) is 25.0 Å². The fourth-order valence-electron chi connectivity index (χ4n) is 3.96. The van der Waals surface area contributed by atoms with Crippen molar-refractivity contribution in [1.82, 2.24) is 19.8 Å². The number of aromatic nitrogens is 2. The van der Waals surface area contributed by atoms with Crippen molar-refractivity contribution in [1.29, 1.82) is 0 Å². The second kappa shape index (κ2) is 7.96. The molecule has 0 radical (unpaired) electrons. The highest BCUT2D eigenvalue weighted by molar-refractivity contribution is 5.89. The molecule has 1 aromatic heterocycles. The summed E-state index contributed by atoms with van der Waals surface area (Å²) in [6, 6.07) is 9.55.